The van der Waals surface area contributed by atoms with E-state index in [4.69, 9.17) is 9.47 Å². The Labute approximate surface area is 138 Å². The third kappa shape index (κ3) is 3.92. The molecule has 1 unspecified atom stereocenters. The van der Waals surface area contributed by atoms with Gasteiger partial charge in [-0.25, -0.2) is 4.79 Å². The van der Waals surface area contributed by atoms with Gasteiger partial charge in [-0.3, -0.25) is 0 Å². The van der Waals surface area contributed by atoms with Crippen molar-refractivity contribution in [1.29, 1.82) is 0 Å². The maximum Gasteiger partial charge on any atom is 0.337 e. The highest BCUT2D eigenvalue weighted by atomic mass is 16.5. The third-order valence-corrected chi connectivity index (χ3v) is 3.99. The number of hydrogen-bond acceptors (Lipinski definition) is 3. The number of esters is 1. The van der Waals surface area contributed by atoms with Crippen LogP contribution in [-0.4, -0.2) is 19.2 Å². The Hall–Kier alpha value is -2.29. The first-order valence-corrected chi connectivity index (χ1v) is 7.83. The molecule has 122 valence electrons. The summed E-state index contributed by atoms with van der Waals surface area (Å²) in [6.07, 6.45) is 0.970. The summed E-state index contributed by atoms with van der Waals surface area (Å²) in [5.41, 5.74) is 3.64. The van der Waals surface area contributed by atoms with Gasteiger partial charge in [0.2, 0.25) is 0 Å². The molecule has 3 heteroatoms. The van der Waals surface area contributed by atoms with Crippen LogP contribution in [0.4, 0.5) is 0 Å². The molecule has 0 bridgehead atoms. The highest BCUT2D eigenvalue weighted by molar-refractivity contribution is 5.89. The fourth-order valence-electron chi connectivity index (χ4n) is 2.74. The fourth-order valence-corrected chi connectivity index (χ4v) is 2.74. The molecule has 1 atom stereocenters. The van der Waals surface area contributed by atoms with Gasteiger partial charge in [0.15, 0.2) is 0 Å². The Morgan fingerprint density at radius 2 is 1.96 bits per heavy atom. The van der Waals surface area contributed by atoms with Crippen LogP contribution in [0.25, 0.3) is 5.57 Å². The molecule has 0 N–H and O–H groups in total. The van der Waals surface area contributed by atoms with E-state index < -0.39 is 0 Å². The first-order chi connectivity index (χ1) is 10.9. The van der Waals surface area contributed by atoms with Gasteiger partial charge in [-0.1, -0.05) is 57.3 Å². The third-order valence-electron chi connectivity index (χ3n) is 3.99. The van der Waals surface area contributed by atoms with Gasteiger partial charge in [0.1, 0.15) is 11.9 Å². The molecule has 1 heterocycles. The Balaban J connectivity index is 2.05. The predicted octanol–water partition coefficient (Wildman–Crippen LogP) is 4.52. The van der Waals surface area contributed by atoms with E-state index in [-0.39, 0.29) is 18.0 Å². The Kier molecular flexibility index (Phi) is 5.43. The predicted molar refractivity (Wildman–Crippen MR) is 92.6 cm³/mol. The molecule has 0 aliphatic carbocycles. The van der Waals surface area contributed by atoms with Crippen LogP contribution in [0.15, 0.2) is 60.4 Å². The van der Waals surface area contributed by atoms with Gasteiger partial charge >= 0.3 is 5.97 Å². The molecule has 1 aromatic carbocycles. The molecule has 0 amide bonds. The topological polar surface area (TPSA) is 35.5 Å². The number of methoxy groups -OCH3 is 1. The lowest BCUT2D eigenvalue weighted by atomic mass is 9.95. The lowest BCUT2D eigenvalue weighted by Gasteiger charge is -2.18. The molecule has 0 radical (unpaired) electrons. The van der Waals surface area contributed by atoms with Crippen LogP contribution >= 0.6 is 0 Å². The van der Waals surface area contributed by atoms with Crippen molar-refractivity contribution in [1.82, 2.24) is 0 Å². The van der Waals surface area contributed by atoms with Gasteiger partial charge in [0, 0.05) is 12.3 Å². The van der Waals surface area contributed by atoms with Crippen LogP contribution in [0.2, 0.25) is 0 Å². The fraction of sp³-hybridized carbons (Fsp3) is 0.350. The summed E-state index contributed by atoms with van der Waals surface area (Å²) in [5.74, 6) is 0.540. The lowest BCUT2D eigenvalue weighted by molar-refractivity contribution is -0.136. The molecule has 0 saturated heterocycles. The molecule has 0 aromatic heterocycles. The monoisotopic (exact) mass is 312 g/mol. The number of hydrogen-bond donors (Lipinski definition) is 0. The van der Waals surface area contributed by atoms with Gasteiger partial charge in [0.05, 0.1) is 12.7 Å². The van der Waals surface area contributed by atoms with Crippen LogP contribution in [0, 0.1) is 5.92 Å². The van der Waals surface area contributed by atoms with Crippen LogP contribution in [0.3, 0.4) is 0 Å². The minimum Gasteiger partial charge on any atom is -0.489 e. The van der Waals surface area contributed by atoms with Crippen molar-refractivity contribution in [2.24, 2.45) is 5.92 Å². The quantitative estimate of drug-likeness (QED) is 0.572. The van der Waals surface area contributed by atoms with Crippen LogP contribution in [0.5, 0.6) is 0 Å². The Morgan fingerprint density at radius 1 is 1.30 bits per heavy atom. The summed E-state index contributed by atoms with van der Waals surface area (Å²) in [4.78, 5) is 11.9. The summed E-state index contributed by atoms with van der Waals surface area (Å²) in [6.45, 7) is 12.3. The summed E-state index contributed by atoms with van der Waals surface area (Å²) in [6, 6.07) is 10.0. The van der Waals surface area contributed by atoms with Gasteiger partial charge in [0.25, 0.3) is 0 Å². The molecule has 0 fully saturated rings. The van der Waals surface area contributed by atoms with Crippen molar-refractivity contribution >= 4 is 11.5 Å². The first kappa shape index (κ1) is 17.1. The number of benzene rings is 1. The summed E-state index contributed by atoms with van der Waals surface area (Å²) < 4.78 is 10.9. The van der Waals surface area contributed by atoms with Crippen LogP contribution < -0.4 is 0 Å². The highest BCUT2D eigenvalue weighted by Gasteiger charge is 2.33. The number of rotatable bonds is 6. The molecule has 23 heavy (non-hydrogen) atoms. The largest absolute Gasteiger partial charge is 0.489 e. The maximum absolute atomic E-state index is 11.9. The Bertz CT molecular complexity index is 638. The van der Waals surface area contributed by atoms with Gasteiger partial charge < -0.3 is 9.47 Å². The summed E-state index contributed by atoms with van der Waals surface area (Å²) in [5, 5.41) is 0. The highest BCUT2D eigenvalue weighted by Crippen LogP contribution is 2.36. The van der Waals surface area contributed by atoms with E-state index >= 15 is 0 Å². The van der Waals surface area contributed by atoms with Gasteiger partial charge in [-0.05, 0) is 23.1 Å². The van der Waals surface area contributed by atoms with Crippen molar-refractivity contribution in [2.75, 3.05) is 7.11 Å². The van der Waals surface area contributed by atoms with Crippen LogP contribution in [-0.2, 0) is 14.3 Å². The minimum atomic E-state index is -0.314. The van der Waals surface area contributed by atoms with E-state index in [1.807, 2.05) is 44.2 Å². The zero-order chi connectivity index (χ0) is 17.0. The van der Waals surface area contributed by atoms with Crippen molar-refractivity contribution in [3.63, 3.8) is 0 Å². The summed E-state index contributed by atoms with van der Waals surface area (Å²) in [7, 11) is 1.40. The first-order valence-electron chi connectivity index (χ1n) is 7.83. The van der Waals surface area contributed by atoms with Crippen molar-refractivity contribution < 1.29 is 14.3 Å². The van der Waals surface area contributed by atoms with E-state index in [2.05, 4.69) is 13.2 Å². The van der Waals surface area contributed by atoms with Crippen molar-refractivity contribution in [3.8, 4) is 0 Å². The van der Waals surface area contributed by atoms with Crippen LogP contribution in [0.1, 0.15) is 32.3 Å². The molecular weight excluding hydrogens is 288 g/mol. The SMILES string of the molecule is C=C(CC(=C)C1CC(C(=O)OC)=C(C(C)C)O1)c1ccccc1. The van der Waals surface area contributed by atoms with Crippen molar-refractivity contribution in [3.05, 3.63) is 66.0 Å². The van der Waals surface area contributed by atoms with E-state index in [0.717, 1.165) is 16.7 Å². The average molecular weight is 312 g/mol. The zero-order valence-corrected chi connectivity index (χ0v) is 14.1. The van der Waals surface area contributed by atoms with E-state index in [1.54, 1.807) is 0 Å². The number of carbonyl (C=O) groups excluding carboxylic acids is 1. The van der Waals surface area contributed by atoms with E-state index in [1.165, 1.54) is 7.11 Å². The minimum absolute atomic E-state index is 0.138. The second kappa shape index (κ2) is 7.32. The van der Waals surface area contributed by atoms with Gasteiger partial charge in [-0.2, -0.15) is 0 Å². The smallest absolute Gasteiger partial charge is 0.337 e. The zero-order valence-electron chi connectivity index (χ0n) is 14.1. The second-order valence-corrected chi connectivity index (χ2v) is 6.10. The molecule has 2 rings (SSSR count). The number of carbonyl (C=O) groups is 1. The normalized spacial score (nSPS) is 17.1. The summed E-state index contributed by atoms with van der Waals surface area (Å²) >= 11 is 0. The lowest BCUT2D eigenvalue weighted by Crippen LogP contribution is -2.11. The maximum atomic E-state index is 11.9. The molecular formula is C20H24O3. The average Bonchev–Trinajstić information content (AvgIpc) is 3.00. The molecule has 0 spiro atoms. The molecule has 1 aliphatic rings. The molecule has 1 aromatic rings. The molecule has 1 aliphatic heterocycles. The number of allylic oxidation sites excluding steroid dienone is 2. The molecule has 3 nitrogen and oxygen atoms in total. The van der Waals surface area contributed by atoms with E-state index in [0.29, 0.717) is 24.2 Å². The number of ether oxygens (including phenoxy) is 2. The Morgan fingerprint density at radius 3 is 2.52 bits per heavy atom. The molecule has 0 saturated carbocycles. The second-order valence-electron chi connectivity index (χ2n) is 6.10. The van der Waals surface area contributed by atoms with Gasteiger partial charge in [-0.15, -0.1) is 0 Å². The van der Waals surface area contributed by atoms with Crippen molar-refractivity contribution in [2.45, 2.75) is 32.8 Å². The van der Waals surface area contributed by atoms with E-state index in [9.17, 15) is 4.79 Å². The standard InChI is InChI=1S/C20H24O3/c1-13(2)19-17(20(21)22-5)12-18(23-19)15(4)11-14(3)16-9-7-6-8-10-16/h6-10,13,18H,3-4,11-12H2,1-2,5H3.